The summed E-state index contributed by atoms with van der Waals surface area (Å²) in [6.07, 6.45) is -0.630. The Morgan fingerprint density at radius 2 is 1.87 bits per heavy atom. The van der Waals surface area contributed by atoms with E-state index in [1.54, 1.807) is 25.1 Å². The number of nitrogens with one attached hydrogen (secondary N) is 1. The van der Waals surface area contributed by atoms with Crippen LogP contribution in [0.3, 0.4) is 0 Å². The molecule has 0 spiro atoms. The van der Waals surface area contributed by atoms with E-state index in [2.05, 4.69) is 10.3 Å². The summed E-state index contributed by atoms with van der Waals surface area (Å²) in [5.74, 6) is 0.434. The minimum absolute atomic E-state index is 0.212. The zero-order chi connectivity index (χ0) is 17.1. The summed E-state index contributed by atoms with van der Waals surface area (Å²) in [4.78, 5) is 16.8. The van der Waals surface area contributed by atoms with E-state index in [4.69, 9.17) is 16.3 Å². The fraction of sp³-hybridized carbons (Fsp3) is 0.333. The predicted molar refractivity (Wildman–Crippen MR) is 93.4 cm³/mol. The molecule has 1 unspecified atom stereocenters. The fourth-order valence-corrected chi connectivity index (χ4v) is 2.65. The SMILES string of the molecule is Cc1cc(C)c(NC(=O)C(C)Oc2ccc(Cl)cc2C)c(C)n1. The number of anilines is 1. The van der Waals surface area contributed by atoms with Crippen molar-refractivity contribution in [2.75, 3.05) is 5.32 Å². The number of ether oxygens (including phenoxy) is 1. The fourth-order valence-electron chi connectivity index (χ4n) is 2.43. The second kappa shape index (κ2) is 7.01. The van der Waals surface area contributed by atoms with Crippen molar-refractivity contribution in [3.63, 3.8) is 0 Å². The minimum Gasteiger partial charge on any atom is -0.481 e. The molecule has 2 aromatic rings. The highest BCUT2D eigenvalue weighted by molar-refractivity contribution is 6.30. The quantitative estimate of drug-likeness (QED) is 0.904. The van der Waals surface area contributed by atoms with Crippen molar-refractivity contribution in [2.45, 2.75) is 40.7 Å². The number of carbonyl (C=O) groups excluding carboxylic acids is 1. The number of rotatable bonds is 4. The Morgan fingerprint density at radius 1 is 1.17 bits per heavy atom. The summed E-state index contributed by atoms with van der Waals surface area (Å²) in [6.45, 7) is 9.37. The smallest absolute Gasteiger partial charge is 0.265 e. The number of aromatic nitrogens is 1. The minimum atomic E-state index is -0.630. The predicted octanol–water partition coefficient (Wildman–Crippen LogP) is 4.37. The molecule has 1 aromatic heterocycles. The maximum atomic E-state index is 12.4. The normalized spacial score (nSPS) is 11.9. The van der Waals surface area contributed by atoms with Crippen LogP contribution in [0.5, 0.6) is 5.75 Å². The van der Waals surface area contributed by atoms with Gasteiger partial charge < -0.3 is 10.1 Å². The first-order valence-corrected chi connectivity index (χ1v) is 7.84. The molecule has 0 saturated carbocycles. The van der Waals surface area contributed by atoms with Crippen molar-refractivity contribution in [1.29, 1.82) is 0 Å². The highest BCUT2D eigenvalue weighted by Gasteiger charge is 2.18. The average Bonchev–Trinajstić information content (AvgIpc) is 2.45. The van der Waals surface area contributed by atoms with Crippen molar-refractivity contribution in [3.05, 3.63) is 51.8 Å². The highest BCUT2D eigenvalue weighted by atomic mass is 35.5. The summed E-state index contributed by atoms with van der Waals surface area (Å²) >= 11 is 5.93. The zero-order valence-corrected chi connectivity index (χ0v) is 14.8. The number of aryl methyl sites for hydroxylation is 4. The van der Waals surface area contributed by atoms with Gasteiger partial charge in [-0.2, -0.15) is 0 Å². The summed E-state index contributed by atoms with van der Waals surface area (Å²) < 4.78 is 5.75. The summed E-state index contributed by atoms with van der Waals surface area (Å²) in [5, 5.41) is 3.55. The van der Waals surface area contributed by atoms with Gasteiger partial charge in [0.05, 0.1) is 11.4 Å². The maximum Gasteiger partial charge on any atom is 0.265 e. The van der Waals surface area contributed by atoms with Crippen molar-refractivity contribution in [2.24, 2.45) is 0 Å². The van der Waals surface area contributed by atoms with Gasteiger partial charge in [0, 0.05) is 10.7 Å². The zero-order valence-electron chi connectivity index (χ0n) is 14.0. The third-order valence-corrected chi connectivity index (χ3v) is 3.82. The van der Waals surface area contributed by atoms with Crippen LogP contribution in [0, 0.1) is 27.7 Å². The van der Waals surface area contributed by atoms with Crippen LogP contribution in [-0.4, -0.2) is 17.0 Å². The Morgan fingerprint density at radius 3 is 2.48 bits per heavy atom. The van der Waals surface area contributed by atoms with E-state index in [0.717, 1.165) is 28.2 Å². The Labute approximate surface area is 141 Å². The molecule has 0 aliphatic rings. The van der Waals surface area contributed by atoms with E-state index < -0.39 is 6.10 Å². The van der Waals surface area contributed by atoms with Crippen LogP contribution < -0.4 is 10.1 Å². The number of nitrogens with zero attached hydrogens (tertiary/aromatic N) is 1. The van der Waals surface area contributed by atoms with Crippen molar-refractivity contribution < 1.29 is 9.53 Å². The lowest BCUT2D eigenvalue weighted by Crippen LogP contribution is -2.31. The largest absolute Gasteiger partial charge is 0.481 e. The average molecular weight is 333 g/mol. The number of hydrogen-bond donors (Lipinski definition) is 1. The van der Waals surface area contributed by atoms with Gasteiger partial charge in [0.1, 0.15) is 5.75 Å². The van der Waals surface area contributed by atoms with Gasteiger partial charge in [-0.3, -0.25) is 9.78 Å². The molecule has 0 fully saturated rings. The molecule has 1 aromatic carbocycles. The van der Waals surface area contributed by atoms with E-state index in [-0.39, 0.29) is 5.91 Å². The van der Waals surface area contributed by atoms with Gasteiger partial charge in [-0.1, -0.05) is 11.6 Å². The molecule has 1 amide bonds. The molecule has 0 bridgehead atoms. The second-order valence-electron chi connectivity index (χ2n) is 5.70. The molecular weight excluding hydrogens is 312 g/mol. The van der Waals surface area contributed by atoms with Crippen LogP contribution in [0.2, 0.25) is 5.02 Å². The first-order chi connectivity index (χ1) is 10.8. The van der Waals surface area contributed by atoms with Gasteiger partial charge in [0.2, 0.25) is 0 Å². The molecule has 122 valence electrons. The Bertz CT molecular complexity index is 721. The maximum absolute atomic E-state index is 12.4. The summed E-state index contributed by atoms with van der Waals surface area (Å²) in [7, 11) is 0. The molecule has 0 aliphatic carbocycles. The van der Waals surface area contributed by atoms with Crippen LogP contribution >= 0.6 is 11.6 Å². The molecule has 0 aliphatic heterocycles. The summed E-state index contributed by atoms with van der Waals surface area (Å²) in [6, 6.07) is 7.26. The second-order valence-corrected chi connectivity index (χ2v) is 6.14. The standard InChI is InChI=1S/C18H21ClN2O2/c1-10-9-15(19)6-7-16(10)23-14(5)18(22)21-17-11(2)8-12(3)20-13(17)4/h6-9,14H,1-5H3,(H,21,22). The van der Waals surface area contributed by atoms with Gasteiger partial charge in [0.25, 0.3) is 5.91 Å². The number of amides is 1. The molecule has 5 heteroatoms. The topological polar surface area (TPSA) is 51.2 Å². The van der Waals surface area contributed by atoms with Crippen molar-refractivity contribution in [3.8, 4) is 5.75 Å². The van der Waals surface area contributed by atoms with E-state index in [0.29, 0.717) is 10.8 Å². The number of carbonyl (C=O) groups is 1. The highest BCUT2D eigenvalue weighted by Crippen LogP contribution is 2.24. The van der Waals surface area contributed by atoms with Crippen molar-refractivity contribution >= 4 is 23.2 Å². The van der Waals surface area contributed by atoms with E-state index in [1.807, 2.05) is 33.8 Å². The van der Waals surface area contributed by atoms with Crippen molar-refractivity contribution in [1.82, 2.24) is 4.98 Å². The molecule has 1 heterocycles. The Balaban J connectivity index is 2.11. The Kier molecular flexibility index (Phi) is 5.26. The Hall–Kier alpha value is -2.07. The number of pyridine rings is 1. The number of benzene rings is 1. The summed E-state index contributed by atoms with van der Waals surface area (Å²) in [5.41, 5.74) is 4.34. The molecule has 4 nitrogen and oxygen atoms in total. The third kappa shape index (κ3) is 4.23. The lowest BCUT2D eigenvalue weighted by atomic mass is 10.1. The molecule has 2 rings (SSSR count). The van der Waals surface area contributed by atoms with Gasteiger partial charge in [0.15, 0.2) is 6.10 Å². The van der Waals surface area contributed by atoms with E-state index in [1.165, 1.54) is 0 Å². The van der Waals surface area contributed by atoms with Crippen LogP contribution in [0.15, 0.2) is 24.3 Å². The third-order valence-electron chi connectivity index (χ3n) is 3.58. The van der Waals surface area contributed by atoms with Gasteiger partial charge in [-0.05, 0) is 70.0 Å². The molecule has 1 N–H and O–H groups in total. The van der Waals surface area contributed by atoms with Crippen LogP contribution in [0.25, 0.3) is 0 Å². The van der Waals surface area contributed by atoms with Crippen LogP contribution in [0.4, 0.5) is 5.69 Å². The molecule has 23 heavy (non-hydrogen) atoms. The van der Waals surface area contributed by atoms with Gasteiger partial charge in [-0.25, -0.2) is 0 Å². The lowest BCUT2D eigenvalue weighted by Gasteiger charge is -2.18. The first kappa shape index (κ1) is 17.3. The lowest BCUT2D eigenvalue weighted by molar-refractivity contribution is -0.122. The van der Waals surface area contributed by atoms with Gasteiger partial charge in [-0.15, -0.1) is 0 Å². The van der Waals surface area contributed by atoms with Crippen LogP contribution in [0.1, 0.15) is 29.4 Å². The van der Waals surface area contributed by atoms with Gasteiger partial charge >= 0.3 is 0 Å². The molecule has 1 atom stereocenters. The van der Waals surface area contributed by atoms with E-state index >= 15 is 0 Å². The number of halogens is 1. The first-order valence-electron chi connectivity index (χ1n) is 7.46. The van der Waals surface area contributed by atoms with Crippen LogP contribution in [-0.2, 0) is 4.79 Å². The molecular formula is C18H21ClN2O2. The monoisotopic (exact) mass is 332 g/mol. The molecule has 0 radical (unpaired) electrons. The van der Waals surface area contributed by atoms with E-state index in [9.17, 15) is 4.79 Å². The molecule has 0 saturated heterocycles. The number of hydrogen-bond acceptors (Lipinski definition) is 3.